The summed E-state index contributed by atoms with van der Waals surface area (Å²) in [6.07, 6.45) is 3.62. The number of methoxy groups -OCH3 is 1. The minimum atomic E-state index is -1.06. The van der Waals surface area contributed by atoms with Gasteiger partial charge < -0.3 is 20.1 Å². The first kappa shape index (κ1) is 23.0. The lowest BCUT2D eigenvalue weighted by molar-refractivity contribution is -0.136. The number of carbonyl (C=O) groups excluding carboxylic acids is 1. The number of imidazole rings is 1. The molecule has 2 fully saturated rings. The Morgan fingerprint density at radius 2 is 2.15 bits per heavy atom. The van der Waals surface area contributed by atoms with E-state index in [0.29, 0.717) is 18.5 Å². The summed E-state index contributed by atoms with van der Waals surface area (Å²) >= 11 is 0. The molecule has 34 heavy (non-hydrogen) atoms. The number of H-pyrrole nitrogens is 1. The van der Waals surface area contributed by atoms with Crippen molar-refractivity contribution in [2.75, 3.05) is 20.2 Å². The summed E-state index contributed by atoms with van der Waals surface area (Å²) in [4.78, 5) is 20.2. The molecule has 5 N–H and O–H groups in total. The van der Waals surface area contributed by atoms with Crippen LogP contribution in [0, 0.1) is 5.92 Å². The zero-order valence-electron chi connectivity index (χ0n) is 19.5. The highest BCUT2D eigenvalue weighted by Crippen LogP contribution is 2.45. The number of aryl methyl sites for hydroxylation is 1. The van der Waals surface area contributed by atoms with E-state index in [1.807, 2.05) is 13.0 Å². The van der Waals surface area contributed by atoms with Crippen LogP contribution in [0.1, 0.15) is 60.8 Å². The number of aromatic amines is 1. The number of aromatic hydroxyl groups is 1. The minimum absolute atomic E-state index is 0.0472. The second-order valence-corrected chi connectivity index (χ2v) is 9.38. The maximum Gasteiger partial charge on any atom is 0.334 e. The van der Waals surface area contributed by atoms with Gasteiger partial charge in [0.15, 0.2) is 0 Å². The quantitative estimate of drug-likeness (QED) is 0.428. The van der Waals surface area contributed by atoms with Crippen LogP contribution in [-0.4, -0.2) is 53.5 Å². The molecule has 182 valence electrons. The zero-order chi connectivity index (χ0) is 23.8. The number of carbonyl (C=O) groups is 1. The lowest BCUT2D eigenvalue weighted by Gasteiger charge is -2.36. The Bertz CT molecular complexity index is 1100. The van der Waals surface area contributed by atoms with E-state index in [-0.39, 0.29) is 35.6 Å². The molecule has 0 spiro atoms. The Morgan fingerprint density at radius 3 is 2.94 bits per heavy atom. The van der Waals surface area contributed by atoms with Crippen molar-refractivity contribution in [2.24, 2.45) is 5.92 Å². The number of hydrazine groups is 1. The number of aromatic nitrogens is 2. The molecule has 5 atom stereocenters. The van der Waals surface area contributed by atoms with Crippen LogP contribution in [0.25, 0.3) is 5.57 Å². The molecule has 3 heterocycles. The molecule has 0 bridgehead atoms. The number of alkyl halides is 1. The van der Waals surface area contributed by atoms with Crippen LogP contribution in [0.4, 0.5) is 4.39 Å². The first-order valence-electron chi connectivity index (χ1n) is 12.0. The van der Waals surface area contributed by atoms with Gasteiger partial charge in [0, 0.05) is 29.5 Å². The number of phenolic OH excluding ortho intramolecular Hbond substituents is 1. The number of nitrogens with one attached hydrogen (secondary N) is 4. The third kappa shape index (κ3) is 4.01. The summed E-state index contributed by atoms with van der Waals surface area (Å²) in [6, 6.07) is 4.78. The molecule has 5 unspecified atom stereocenters. The van der Waals surface area contributed by atoms with Crippen molar-refractivity contribution in [3.8, 4) is 5.75 Å². The van der Waals surface area contributed by atoms with E-state index in [2.05, 4.69) is 26.1 Å². The first-order valence-corrected chi connectivity index (χ1v) is 12.0. The monoisotopic (exact) mass is 469 g/mol. The van der Waals surface area contributed by atoms with Gasteiger partial charge in [-0.1, -0.05) is 13.0 Å². The smallest absolute Gasteiger partial charge is 0.334 e. The van der Waals surface area contributed by atoms with Crippen molar-refractivity contribution in [1.82, 2.24) is 26.1 Å². The van der Waals surface area contributed by atoms with Gasteiger partial charge in [0.1, 0.15) is 17.7 Å². The Labute approximate surface area is 198 Å². The number of fused-ring (bicyclic) bond motifs is 1. The summed E-state index contributed by atoms with van der Waals surface area (Å²) in [6.45, 7) is 3.32. The third-order valence-electron chi connectivity index (χ3n) is 7.61. The maximum atomic E-state index is 15.8. The lowest BCUT2D eigenvalue weighted by atomic mass is 9.71. The van der Waals surface area contributed by atoms with E-state index < -0.39 is 6.17 Å². The molecular weight excluding hydrogens is 437 g/mol. The molecule has 9 heteroatoms. The van der Waals surface area contributed by atoms with Crippen LogP contribution < -0.4 is 16.2 Å². The molecule has 1 aliphatic carbocycles. The number of esters is 1. The second kappa shape index (κ2) is 9.48. The zero-order valence-corrected chi connectivity index (χ0v) is 19.5. The largest absolute Gasteiger partial charge is 0.508 e. The normalized spacial score (nSPS) is 29.2. The maximum absolute atomic E-state index is 15.8. The van der Waals surface area contributed by atoms with Gasteiger partial charge in [-0.25, -0.2) is 19.6 Å². The minimum Gasteiger partial charge on any atom is -0.508 e. The first-order chi connectivity index (χ1) is 16.5. The molecule has 0 amide bonds. The van der Waals surface area contributed by atoms with Crippen LogP contribution in [0.2, 0.25) is 0 Å². The molecule has 1 aromatic carbocycles. The topological polar surface area (TPSA) is 111 Å². The second-order valence-electron chi connectivity index (χ2n) is 9.38. The summed E-state index contributed by atoms with van der Waals surface area (Å²) in [5.41, 5.74) is 10.8. The lowest BCUT2D eigenvalue weighted by Crippen LogP contribution is -2.45. The van der Waals surface area contributed by atoms with Gasteiger partial charge in [-0.2, -0.15) is 0 Å². The third-order valence-corrected chi connectivity index (χ3v) is 7.61. The van der Waals surface area contributed by atoms with E-state index >= 15 is 4.39 Å². The van der Waals surface area contributed by atoms with Gasteiger partial charge in [-0.05, 0) is 55.5 Å². The summed E-state index contributed by atoms with van der Waals surface area (Å²) in [5, 5.41) is 13.1. The fourth-order valence-electron chi connectivity index (χ4n) is 5.85. The van der Waals surface area contributed by atoms with Crippen molar-refractivity contribution in [3.63, 3.8) is 0 Å². The Balaban J connectivity index is 1.36. The predicted molar refractivity (Wildman–Crippen MR) is 126 cm³/mol. The fourth-order valence-corrected chi connectivity index (χ4v) is 5.85. The number of benzene rings is 1. The van der Waals surface area contributed by atoms with Crippen molar-refractivity contribution < 1.29 is 19.0 Å². The van der Waals surface area contributed by atoms with Crippen molar-refractivity contribution in [1.29, 1.82) is 0 Å². The molecule has 1 saturated carbocycles. The molecule has 2 aromatic rings. The number of phenols is 1. The number of nitrogens with zero attached hydrogens (tertiary/aromatic N) is 1. The van der Waals surface area contributed by atoms with Gasteiger partial charge in [0.05, 0.1) is 31.1 Å². The molecule has 1 saturated heterocycles. The molecule has 3 aliphatic rings. The van der Waals surface area contributed by atoms with Crippen LogP contribution in [-0.2, 0) is 16.0 Å². The van der Waals surface area contributed by atoms with Gasteiger partial charge in [0.2, 0.25) is 0 Å². The molecule has 2 aliphatic heterocycles. The van der Waals surface area contributed by atoms with Crippen LogP contribution in [0.5, 0.6) is 5.75 Å². The number of hydrogen-bond donors (Lipinski definition) is 5. The Morgan fingerprint density at radius 1 is 1.29 bits per heavy atom. The van der Waals surface area contributed by atoms with Gasteiger partial charge >= 0.3 is 5.97 Å². The SMILES string of the molecule is CCc1cc(O)ccc1C1CCC2C(c3ncc(C4=C(C(=O)OC)CCNC4)[nH]3)NNC2C1F. The van der Waals surface area contributed by atoms with Gasteiger partial charge in [0.25, 0.3) is 0 Å². The molecule has 8 nitrogen and oxygen atoms in total. The summed E-state index contributed by atoms with van der Waals surface area (Å²) < 4.78 is 20.8. The average Bonchev–Trinajstić information content (AvgIpc) is 3.51. The van der Waals surface area contributed by atoms with Gasteiger partial charge in [-0.15, -0.1) is 0 Å². The predicted octanol–water partition coefficient (Wildman–Crippen LogP) is 2.65. The highest BCUT2D eigenvalue weighted by atomic mass is 19.1. The number of halogens is 1. The Kier molecular flexibility index (Phi) is 6.42. The van der Waals surface area contributed by atoms with Gasteiger partial charge in [-0.3, -0.25) is 5.43 Å². The van der Waals surface area contributed by atoms with E-state index in [9.17, 15) is 9.90 Å². The van der Waals surface area contributed by atoms with Crippen LogP contribution in [0.3, 0.4) is 0 Å². The van der Waals surface area contributed by atoms with E-state index in [0.717, 1.165) is 54.0 Å². The number of rotatable bonds is 5. The number of hydrogen-bond acceptors (Lipinski definition) is 7. The summed E-state index contributed by atoms with van der Waals surface area (Å²) in [5.74, 6) is 0.483. The van der Waals surface area contributed by atoms with Crippen LogP contribution >= 0.6 is 0 Å². The average molecular weight is 470 g/mol. The summed E-state index contributed by atoms with van der Waals surface area (Å²) in [7, 11) is 1.40. The van der Waals surface area contributed by atoms with Crippen molar-refractivity contribution in [2.45, 2.75) is 56.8 Å². The standard InChI is InChI=1S/C25H32FN5O3/c1-3-13-10-14(32)4-5-15(13)16-6-7-18-22(21(16)26)30-31-23(18)24-28-12-20(29-24)19-11-27-9-8-17(19)25(33)34-2/h4-5,10,12,16,18,21-23,27,30-32H,3,6-9,11H2,1-2H3,(H,28,29). The van der Waals surface area contributed by atoms with E-state index in [1.54, 1.807) is 18.3 Å². The van der Waals surface area contributed by atoms with E-state index in [1.165, 1.54) is 7.11 Å². The number of ether oxygens (including phenoxy) is 1. The van der Waals surface area contributed by atoms with E-state index in [4.69, 9.17) is 4.74 Å². The van der Waals surface area contributed by atoms with Crippen molar-refractivity contribution in [3.05, 3.63) is 52.6 Å². The highest BCUT2D eigenvalue weighted by molar-refractivity contribution is 5.98. The fraction of sp³-hybridized carbons (Fsp3) is 0.520. The highest BCUT2D eigenvalue weighted by Gasteiger charge is 2.48. The van der Waals surface area contributed by atoms with Crippen molar-refractivity contribution >= 4 is 11.5 Å². The van der Waals surface area contributed by atoms with Crippen LogP contribution in [0.15, 0.2) is 30.0 Å². The molecule has 5 rings (SSSR count). The Hall–Kier alpha value is -2.75. The molecule has 1 aromatic heterocycles. The molecule has 0 radical (unpaired) electrons. The molecular formula is C25H32FN5O3.